The number of carbonyl (C=O) groups excluding carboxylic acids is 3. The highest BCUT2D eigenvalue weighted by Crippen LogP contribution is 2.52. The summed E-state index contributed by atoms with van der Waals surface area (Å²) in [6, 6.07) is 9.85. The first-order valence-electron chi connectivity index (χ1n) is 9.39. The van der Waals surface area contributed by atoms with E-state index >= 15 is 0 Å². The van der Waals surface area contributed by atoms with Gasteiger partial charge in [0.05, 0.1) is 22.4 Å². The van der Waals surface area contributed by atoms with Crippen LogP contribution in [0, 0.1) is 30.6 Å². The van der Waals surface area contributed by atoms with E-state index in [1.807, 2.05) is 49.4 Å². The van der Waals surface area contributed by atoms with E-state index in [4.69, 9.17) is 0 Å². The van der Waals surface area contributed by atoms with Crippen molar-refractivity contribution in [1.29, 1.82) is 0 Å². The summed E-state index contributed by atoms with van der Waals surface area (Å²) < 4.78 is 0. The number of allylic oxidation sites excluding steroid dienone is 2. The van der Waals surface area contributed by atoms with Crippen molar-refractivity contribution in [2.75, 3.05) is 11.9 Å². The fourth-order valence-corrected chi connectivity index (χ4v) is 5.72. The van der Waals surface area contributed by atoms with E-state index in [1.54, 1.807) is 0 Å². The largest absolute Gasteiger partial charge is 0.300 e. The first kappa shape index (κ1) is 17.3. The lowest BCUT2D eigenvalue weighted by Crippen LogP contribution is -2.39. The predicted octanol–water partition coefficient (Wildman–Crippen LogP) is 2.86. The molecule has 1 aromatic carbocycles. The second-order valence-electron chi connectivity index (χ2n) is 7.61. The number of nitrogens with one attached hydrogen (secondary N) is 1. The lowest BCUT2D eigenvalue weighted by Gasteiger charge is -2.16. The third-order valence-electron chi connectivity index (χ3n) is 5.94. The summed E-state index contributed by atoms with van der Waals surface area (Å²) in [7, 11) is 0. The molecule has 6 nitrogen and oxygen atoms in total. The van der Waals surface area contributed by atoms with Crippen LogP contribution in [0.25, 0.3) is 10.4 Å². The second-order valence-corrected chi connectivity index (χ2v) is 8.61. The number of hydrogen-bond donors (Lipinski definition) is 1. The number of imide groups is 1. The number of aryl methyl sites for hydroxylation is 1. The van der Waals surface area contributed by atoms with Crippen LogP contribution in [0.2, 0.25) is 0 Å². The zero-order valence-electron chi connectivity index (χ0n) is 15.3. The van der Waals surface area contributed by atoms with Gasteiger partial charge in [-0.15, -0.1) is 0 Å². The summed E-state index contributed by atoms with van der Waals surface area (Å²) in [5.41, 5.74) is 1.87. The SMILES string of the molecule is Cc1nc(NC(=O)CN2C(=O)C3C4C=CC(C4)C3C2=O)sc1-c1ccccc1. The highest BCUT2D eigenvalue weighted by Gasteiger charge is 2.59. The molecule has 2 aliphatic carbocycles. The van der Waals surface area contributed by atoms with Crippen molar-refractivity contribution in [2.24, 2.45) is 23.7 Å². The molecule has 3 aliphatic rings. The number of nitrogens with zero attached hydrogens (tertiary/aromatic N) is 2. The summed E-state index contributed by atoms with van der Waals surface area (Å²) in [5, 5.41) is 3.23. The number of anilines is 1. The van der Waals surface area contributed by atoms with Crippen LogP contribution in [-0.4, -0.2) is 34.2 Å². The van der Waals surface area contributed by atoms with Gasteiger partial charge in [-0.25, -0.2) is 4.98 Å². The molecule has 142 valence electrons. The Morgan fingerprint density at radius 3 is 2.43 bits per heavy atom. The van der Waals surface area contributed by atoms with Gasteiger partial charge in [-0.05, 0) is 30.7 Å². The molecular formula is C21H19N3O3S. The predicted molar refractivity (Wildman–Crippen MR) is 105 cm³/mol. The normalized spacial score (nSPS) is 27.5. The van der Waals surface area contributed by atoms with Gasteiger partial charge in [0, 0.05) is 0 Å². The van der Waals surface area contributed by atoms with E-state index in [2.05, 4.69) is 10.3 Å². The standard InChI is InChI=1S/C21H19N3O3S/c1-11-18(12-5-3-2-4-6-12)28-21(22-11)23-15(25)10-24-19(26)16-13-7-8-14(9-13)17(16)20(24)27/h2-8,13-14,16-17H,9-10H2,1H3,(H,22,23,25). The van der Waals surface area contributed by atoms with E-state index in [1.165, 1.54) is 11.3 Å². The van der Waals surface area contributed by atoms with Crippen LogP contribution in [0.5, 0.6) is 0 Å². The molecule has 1 saturated carbocycles. The summed E-state index contributed by atoms with van der Waals surface area (Å²) in [6.07, 6.45) is 4.97. The van der Waals surface area contributed by atoms with Gasteiger partial charge in [-0.1, -0.05) is 53.8 Å². The maximum Gasteiger partial charge on any atom is 0.246 e. The molecule has 28 heavy (non-hydrogen) atoms. The summed E-state index contributed by atoms with van der Waals surface area (Å²) in [4.78, 5) is 44.4. The lowest BCUT2D eigenvalue weighted by molar-refractivity contribution is -0.143. The van der Waals surface area contributed by atoms with Crippen LogP contribution in [0.4, 0.5) is 5.13 Å². The van der Waals surface area contributed by atoms with Crippen LogP contribution in [0.3, 0.4) is 0 Å². The van der Waals surface area contributed by atoms with E-state index in [9.17, 15) is 14.4 Å². The molecular weight excluding hydrogens is 374 g/mol. The van der Waals surface area contributed by atoms with E-state index in [-0.39, 0.29) is 42.0 Å². The minimum absolute atomic E-state index is 0.148. The minimum atomic E-state index is -0.393. The van der Waals surface area contributed by atoms with Crippen molar-refractivity contribution >= 4 is 34.2 Å². The van der Waals surface area contributed by atoms with Gasteiger partial charge in [0.25, 0.3) is 0 Å². The zero-order chi connectivity index (χ0) is 19.4. The van der Waals surface area contributed by atoms with Crippen LogP contribution in [0.15, 0.2) is 42.5 Å². The van der Waals surface area contributed by atoms with Crippen molar-refractivity contribution in [2.45, 2.75) is 13.3 Å². The fraction of sp³-hybridized carbons (Fsp3) is 0.333. The van der Waals surface area contributed by atoms with Gasteiger partial charge in [-0.3, -0.25) is 19.3 Å². The van der Waals surface area contributed by atoms with Crippen LogP contribution in [-0.2, 0) is 14.4 Å². The summed E-state index contributed by atoms with van der Waals surface area (Å²) in [5.74, 6) is -1.06. The fourth-order valence-electron chi connectivity index (χ4n) is 4.73. The van der Waals surface area contributed by atoms with Gasteiger partial charge in [0.15, 0.2) is 5.13 Å². The van der Waals surface area contributed by atoms with Gasteiger partial charge >= 0.3 is 0 Å². The van der Waals surface area contributed by atoms with E-state index < -0.39 is 5.91 Å². The molecule has 4 unspecified atom stereocenters. The van der Waals surface area contributed by atoms with Crippen LogP contribution >= 0.6 is 11.3 Å². The quantitative estimate of drug-likeness (QED) is 0.640. The number of fused-ring (bicyclic) bond motifs is 5. The molecule has 2 bridgehead atoms. The molecule has 0 radical (unpaired) electrons. The Balaban J connectivity index is 1.29. The molecule has 7 heteroatoms. The average molecular weight is 393 g/mol. The Bertz CT molecular complexity index is 983. The molecule has 1 aromatic heterocycles. The maximum atomic E-state index is 12.7. The molecule has 1 saturated heterocycles. The van der Waals surface area contributed by atoms with E-state index in [0.29, 0.717) is 5.13 Å². The second kappa shape index (κ2) is 6.38. The molecule has 5 rings (SSSR count). The van der Waals surface area contributed by atoms with Gasteiger partial charge in [0.2, 0.25) is 17.7 Å². The molecule has 4 atom stereocenters. The summed E-state index contributed by atoms with van der Waals surface area (Å²) in [6.45, 7) is 1.65. The molecule has 1 N–H and O–H groups in total. The van der Waals surface area contributed by atoms with Gasteiger partial charge < -0.3 is 5.32 Å². The monoisotopic (exact) mass is 393 g/mol. The molecule has 1 aliphatic heterocycles. The number of likely N-dealkylation sites (tertiary alicyclic amines) is 1. The number of hydrogen-bond acceptors (Lipinski definition) is 5. The maximum absolute atomic E-state index is 12.7. The Morgan fingerprint density at radius 2 is 1.79 bits per heavy atom. The number of amides is 3. The average Bonchev–Trinajstić information content (AvgIpc) is 3.43. The van der Waals surface area contributed by atoms with Crippen molar-refractivity contribution in [3.05, 3.63) is 48.2 Å². The van der Waals surface area contributed by atoms with Gasteiger partial charge in [-0.2, -0.15) is 0 Å². The topological polar surface area (TPSA) is 79.4 Å². The number of benzene rings is 1. The Morgan fingerprint density at radius 1 is 1.14 bits per heavy atom. The van der Waals surface area contributed by atoms with Crippen LogP contribution < -0.4 is 5.32 Å². The highest BCUT2D eigenvalue weighted by atomic mass is 32.1. The minimum Gasteiger partial charge on any atom is -0.300 e. The van der Waals surface area contributed by atoms with Crippen molar-refractivity contribution in [1.82, 2.24) is 9.88 Å². The Hall–Kier alpha value is -2.80. The van der Waals surface area contributed by atoms with Crippen molar-refractivity contribution in [3.63, 3.8) is 0 Å². The van der Waals surface area contributed by atoms with Gasteiger partial charge in [0.1, 0.15) is 6.54 Å². The smallest absolute Gasteiger partial charge is 0.246 e. The molecule has 2 aromatic rings. The first-order chi connectivity index (χ1) is 13.5. The number of aromatic nitrogens is 1. The molecule has 2 fully saturated rings. The van der Waals surface area contributed by atoms with Crippen molar-refractivity contribution < 1.29 is 14.4 Å². The van der Waals surface area contributed by atoms with Crippen molar-refractivity contribution in [3.8, 4) is 10.4 Å². The third-order valence-corrected chi connectivity index (χ3v) is 7.06. The molecule has 2 heterocycles. The number of carbonyl (C=O) groups is 3. The number of thiazole rings is 1. The number of rotatable bonds is 4. The Labute approximate surface area is 166 Å². The lowest BCUT2D eigenvalue weighted by atomic mass is 9.85. The van der Waals surface area contributed by atoms with E-state index in [0.717, 1.165) is 27.5 Å². The molecule has 0 spiro atoms. The van der Waals surface area contributed by atoms with Crippen LogP contribution in [0.1, 0.15) is 12.1 Å². The Kier molecular flexibility index (Phi) is 3.94. The first-order valence-corrected chi connectivity index (χ1v) is 10.2. The third kappa shape index (κ3) is 2.61. The molecule has 3 amide bonds. The summed E-state index contributed by atoms with van der Waals surface area (Å²) >= 11 is 1.39. The zero-order valence-corrected chi connectivity index (χ0v) is 16.1. The highest BCUT2D eigenvalue weighted by molar-refractivity contribution is 7.19.